The van der Waals surface area contributed by atoms with E-state index in [4.69, 9.17) is 16.3 Å². The molecule has 0 saturated carbocycles. The average Bonchev–Trinajstić information content (AvgIpc) is 2.91. The smallest absolute Gasteiger partial charge is 0.251 e. The Kier molecular flexibility index (Phi) is 4.51. The van der Waals surface area contributed by atoms with E-state index in [1.54, 1.807) is 0 Å². The fraction of sp³-hybridized carbons (Fsp3) is 0.588. The molecule has 1 aromatic carbocycles. The van der Waals surface area contributed by atoms with Gasteiger partial charge in [0, 0.05) is 24.6 Å². The minimum atomic E-state index is -0.0844. The van der Waals surface area contributed by atoms with E-state index in [0.29, 0.717) is 5.92 Å². The first-order chi connectivity index (χ1) is 10.2. The van der Waals surface area contributed by atoms with Crippen LogP contribution in [0, 0.1) is 5.92 Å². The van der Waals surface area contributed by atoms with Crippen molar-refractivity contribution in [1.82, 2.24) is 5.32 Å². The zero-order chi connectivity index (χ0) is 14.8. The third-order valence-corrected chi connectivity index (χ3v) is 5.22. The summed E-state index contributed by atoms with van der Waals surface area (Å²) < 4.78 is 5.75. The zero-order valence-corrected chi connectivity index (χ0v) is 13.2. The van der Waals surface area contributed by atoms with Gasteiger partial charge >= 0.3 is 0 Å². The van der Waals surface area contributed by atoms with Crippen LogP contribution < -0.4 is 5.32 Å². The second-order valence-corrected chi connectivity index (χ2v) is 6.42. The highest BCUT2D eigenvalue weighted by atomic mass is 35.5. The van der Waals surface area contributed by atoms with E-state index in [2.05, 4.69) is 24.4 Å². The van der Waals surface area contributed by atoms with Crippen LogP contribution in [0.1, 0.15) is 53.0 Å². The summed E-state index contributed by atoms with van der Waals surface area (Å²) >= 11 is 6.71. The first-order valence-electron chi connectivity index (χ1n) is 7.87. The molecule has 1 N–H and O–H groups in total. The topological polar surface area (TPSA) is 38.3 Å². The summed E-state index contributed by atoms with van der Waals surface area (Å²) in [5, 5.41) is 2.87. The third-order valence-electron chi connectivity index (χ3n) is 4.64. The lowest BCUT2D eigenvalue weighted by Crippen LogP contribution is -2.23. The molecule has 3 rings (SSSR count). The van der Waals surface area contributed by atoms with E-state index < -0.39 is 0 Å². The molecule has 0 spiro atoms. The minimum absolute atomic E-state index is 0.0305. The maximum atomic E-state index is 12.1. The van der Waals surface area contributed by atoms with E-state index in [1.807, 2.05) is 6.07 Å². The maximum Gasteiger partial charge on any atom is 0.251 e. The molecule has 0 bridgehead atoms. The first-order valence-corrected chi connectivity index (χ1v) is 8.31. The normalized spacial score (nSPS) is 26.9. The number of carbonyl (C=O) groups excluding carboxylic acids is 1. The summed E-state index contributed by atoms with van der Waals surface area (Å²) in [6.45, 7) is 3.68. The van der Waals surface area contributed by atoms with Gasteiger partial charge < -0.3 is 10.1 Å². The molecule has 21 heavy (non-hydrogen) atoms. The van der Waals surface area contributed by atoms with E-state index >= 15 is 0 Å². The van der Waals surface area contributed by atoms with E-state index in [-0.39, 0.29) is 17.4 Å². The number of carbonyl (C=O) groups is 1. The number of fused-ring (bicyclic) bond motifs is 1. The van der Waals surface area contributed by atoms with Crippen molar-refractivity contribution >= 4 is 17.5 Å². The van der Waals surface area contributed by atoms with Gasteiger partial charge in [0.2, 0.25) is 0 Å². The van der Waals surface area contributed by atoms with Crippen LogP contribution in [0.5, 0.6) is 0 Å². The van der Waals surface area contributed by atoms with E-state index in [9.17, 15) is 4.79 Å². The number of rotatable bonds is 3. The molecule has 114 valence electrons. The molecule has 1 fully saturated rings. The zero-order valence-electron chi connectivity index (χ0n) is 12.4. The quantitative estimate of drug-likeness (QED) is 0.869. The summed E-state index contributed by atoms with van der Waals surface area (Å²) in [4.78, 5) is 12.1. The highest BCUT2D eigenvalue weighted by Crippen LogP contribution is 2.39. The Morgan fingerprint density at radius 1 is 1.48 bits per heavy atom. The summed E-state index contributed by atoms with van der Waals surface area (Å²) in [5.74, 6) is 0.367. The van der Waals surface area contributed by atoms with Crippen LogP contribution in [0.25, 0.3) is 0 Å². The number of halogens is 1. The molecule has 0 aliphatic carbocycles. The number of benzene rings is 1. The Hall–Kier alpha value is -1.06. The number of alkyl halides is 1. The molecule has 2 aliphatic rings. The van der Waals surface area contributed by atoms with E-state index in [0.717, 1.165) is 55.5 Å². The summed E-state index contributed by atoms with van der Waals surface area (Å²) in [7, 11) is 0. The summed E-state index contributed by atoms with van der Waals surface area (Å²) in [6, 6.07) is 6.14. The van der Waals surface area contributed by atoms with Crippen molar-refractivity contribution in [3.8, 4) is 0 Å². The molecular weight excluding hydrogens is 286 g/mol. The number of hydrogen-bond acceptors (Lipinski definition) is 2. The van der Waals surface area contributed by atoms with Crippen LogP contribution in [0.15, 0.2) is 18.2 Å². The molecule has 1 aromatic rings. The predicted molar refractivity (Wildman–Crippen MR) is 83.8 cm³/mol. The van der Waals surface area contributed by atoms with Crippen LogP contribution in [0.4, 0.5) is 0 Å². The lowest BCUT2D eigenvalue weighted by atomic mass is 9.89. The maximum absolute atomic E-state index is 12.1. The van der Waals surface area contributed by atoms with Crippen molar-refractivity contribution in [3.05, 3.63) is 34.9 Å². The van der Waals surface area contributed by atoms with Gasteiger partial charge in [0.15, 0.2) is 0 Å². The lowest BCUT2D eigenvalue weighted by molar-refractivity contribution is 0.0864. The molecular formula is C17H22ClNO2. The molecule has 3 atom stereocenters. The molecule has 0 radical (unpaired) electrons. The molecule has 4 heteroatoms. The van der Waals surface area contributed by atoms with Gasteiger partial charge in [0.25, 0.3) is 5.91 Å². The van der Waals surface area contributed by atoms with Gasteiger partial charge in [-0.15, -0.1) is 11.6 Å². The van der Waals surface area contributed by atoms with E-state index in [1.165, 1.54) is 0 Å². The van der Waals surface area contributed by atoms with Crippen molar-refractivity contribution < 1.29 is 9.53 Å². The largest absolute Gasteiger partial charge is 0.378 e. The number of ether oxygens (including phenoxy) is 1. The second kappa shape index (κ2) is 6.37. The number of amides is 1. The average molecular weight is 308 g/mol. The lowest BCUT2D eigenvalue weighted by Gasteiger charge is -2.23. The van der Waals surface area contributed by atoms with Crippen LogP contribution in [-0.4, -0.2) is 25.2 Å². The minimum Gasteiger partial charge on any atom is -0.378 e. The Morgan fingerprint density at radius 3 is 3.14 bits per heavy atom. The van der Waals surface area contributed by atoms with Crippen LogP contribution in [-0.2, 0) is 11.2 Å². The standard InChI is InChI=1S/C17H22ClNO2/c1-2-15-13(7-9-21-15)16(18)12-6-5-11-4-3-8-19-17(20)14(11)10-12/h5-6,10,13,15-16H,2-4,7-9H2,1H3,(H,19,20). The predicted octanol–water partition coefficient (Wildman–Crippen LogP) is 3.46. The number of aryl methyl sites for hydroxylation is 1. The van der Waals surface area contributed by atoms with Gasteiger partial charge in [0.05, 0.1) is 11.5 Å². The molecule has 0 aromatic heterocycles. The molecule has 3 unspecified atom stereocenters. The van der Waals surface area contributed by atoms with Gasteiger partial charge in [-0.3, -0.25) is 4.79 Å². The fourth-order valence-corrected chi connectivity index (χ4v) is 3.86. The summed E-state index contributed by atoms with van der Waals surface area (Å²) in [5.41, 5.74) is 2.97. The summed E-state index contributed by atoms with van der Waals surface area (Å²) in [6.07, 6.45) is 4.16. The van der Waals surface area contributed by atoms with Gasteiger partial charge in [-0.2, -0.15) is 0 Å². The molecule has 2 heterocycles. The third kappa shape index (κ3) is 2.95. The molecule has 3 nitrogen and oxygen atoms in total. The van der Waals surface area contributed by atoms with Crippen LogP contribution in [0.2, 0.25) is 0 Å². The number of hydrogen-bond donors (Lipinski definition) is 1. The van der Waals surface area contributed by atoms with Gasteiger partial charge in [0.1, 0.15) is 0 Å². The SMILES string of the molecule is CCC1OCCC1C(Cl)c1ccc2c(c1)C(=O)NCCC2. The monoisotopic (exact) mass is 307 g/mol. The van der Waals surface area contributed by atoms with Crippen LogP contribution in [0.3, 0.4) is 0 Å². The van der Waals surface area contributed by atoms with Crippen molar-refractivity contribution in [2.45, 2.75) is 44.1 Å². The van der Waals surface area contributed by atoms with Gasteiger partial charge in [-0.25, -0.2) is 0 Å². The van der Waals surface area contributed by atoms with Crippen molar-refractivity contribution in [3.63, 3.8) is 0 Å². The molecule has 1 saturated heterocycles. The Bertz CT molecular complexity index is 532. The second-order valence-electron chi connectivity index (χ2n) is 5.95. The van der Waals surface area contributed by atoms with Crippen LogP contribution >= 0.6 is 11.6 Å². The Morgan fingerprint density at radius 2 is 2.33 bits per heavy atom. The Balaban J connectivity index is 1.87. The molecule has 1 amide bonds. The number of nitrogens with one attached hydrogen (secondary N) is 1. The van der Waals surface area contributed by atoms with Crippen molar-refractivity contribution in [1.29, 1.82) is 0 Å². The fourth-order valence-electron chi connectivity index (χ4n) is 3.44. The Labute approximate surface area is 131 Å². The van der Waals surface area contributed by atoms with Gasteiger partial charge in [-0.1, -0.05) is 19.1 Å². The van der Waals surface area contributed by atoms with Crippen molar-refractivity contribution in [2.75, 3.05) is 13.2 Å². The highest BCUT2D eigenvalue weighted by molar-refractivity contribution is 6.21. The van der Waals surface area contributed by atoms with Gasteiger partial charge in [-0.05, 0) is 42.9 Å². The van der Waals surface area contributed by atoms with Crippen molar-refractivity contribution in [2.24, 2.45) is 5.92 Å². The molecule has 2 aliphatic heterocycles. The first kappa shape index (κ1) is 14.9. The highest BCUT2D eigenvalue weighted by Gasteiger charge is 2.33.